The van der Waals surface area contributed by atoms with E-state index in [1.54, 1.807) is 0 Å². The van der Waals surface area contributed by atoms with Gasteiger partial charge in [-0.05, 0) is 49.2 Å². The van der Waals surface area contributed by atoms with Crippen LogP contribution in [0.25, 0.3) is 0 Å². The van der Waals surface area contributed by atoms with Gasteiger partial charge in [-0.1, -0.05) is 36.4 Å². The first-order valence-electron chi connectivity index (χ1n) is 7.29. The normalized spacial score (nSPS) is 12.1. The van der Waals surface area contributed by atoms with Crippen LogP contribution in [0.15, 0.2) is 48.5 Å². The van der Waals surface area contributed by atoms with Gasteiger partial charge in [-0.25, -0.2) is 0 Å². The highest BCUT2D eigenvalue weighted by molar-refractivity contribution is 5.28. The number of ether oxygens (including phenoxy) is 1. The minimum atomic E-state index is 0.0770. The van der Waals surface area contributed by atoms with E-state index in [4.69, 9.17) is 9.84 Å². The van der Waals surface area contributed by atoms with Crippen LogP contribution in [0.1, 0.15) is 23.6 Å². The predicted molar refractivity (Wildman–Crippen MR) is 85.4 cm³/mol. The molecule has 3 heteroatoms. The molecule has 0 spiro atoms. The summed E-state index contributed by atoms with van der Waals surface area (Å²) in [7, 11) is 1.98. The summed E-state index contributed by atoms with van der Waals surface area (Å²) in [4.78, 5) is 0. The first kappa shape index (κ1) is 15.5. The number of benzene rings is 2. The number of hydrogen-bond acceptors (Lipinski definition) is 3. The molecule has 0 saturated carbocycles. The average molecular weight is 285 g/mol. The van der Waals surface area contributed by atoms with E-state index in [1.165, 1.54) is 5.56 Å². The van der Waals surface area contributed by atoms with Crippen LogP contribution in [-0.4, -0.2) is 18.2 Å². The van der Waals surface area contributed by atoms with E-state index in [0.717, 1.165) is 23.3 Å². The fourth-order valence-electron chi connectivity index (χ4n) is 2.08. The van der Waals surface area contributed by atoms with Gasteiger partial charge in [-0.3, -0.25) is 0 Å². The lowest BCUT2D eigenvalue weighted by Crippen LogP contribution is -2.23. The second-order valence-corrected chi connectivity index (χ2v) is 5.30. The van der Waals surface area contributed by atoms with Gasteiger partial charge < -0.3 is 15.2 Å². The highest BCUT2D eigenvalue weighted by Gasteiger charge is 2.01. The van der Waals surface area contributed by atoms with Crippen LogP contribution in [0.5, 0.6) is 5.75 Å². The number of nitrogens with one attached hydrogen (secondary N) is 1. The monoisotopic (exact) mass is 285 g/mol. The lowest BCUT2D eigenvalue weighted by molar-refractivity contribution is 0.281. The van der Waals surface area contributed by atoms with Crippen molar-refractivity contribution in [2.45, 2.75) is 32.6 Å². The van der Waals surface area contributed by atoms with E-state index in [1.807, 2.05) is 43.4 Å². The zero-order valence-corrected chi connectivity index (χ0v) is 12.7. The minimum Gasteiger partial charge on any atom is -0.489 e. The summed E-state index contributed by atoms with van der Waals surface area (Å²) >= 11 is 0. The van der Waals surface area contributed by atoms with Gasteiger partial charge in [0.25, 0.3) is 0 Å². The topological polar surface area (TPSA) is 41.5 Å². The molecule has 0 aromatic heterocycles. The molecule has 0 aliphatic heterocycles. The lowest BCUT2D eigenvalue weighted by atomic mass is 10.1. The van der Waals surface area contributed by atoms with Crippen LogP contribution in [0, 0.1) is 0 Å². The van der Waals surface area contributed by atoms with Crippen molar-refractivity contribution in [3.05, 3.63) is 65.2 Å². The first-order valence-corrected chi connectivity index (χ1v) is 7.29. The van der Waals surface area contributed by atoms with Crippen LogP contribution in [0.2, 0.25) is 0 Å². The molecule has 0 amide bonds. The SMILES string of the molecule is CNC(C)Cc1ccc(OCc2ccc(CO)cc2)cc1. The molecule has 0 aliphatic carbocycles. The summed E-state index contributed by atoms with van der Waals surface area (Å²) in [6, 6.07) is 16.5. The lowest BCUT2D eigenvalue weighted by Gasteiger charge is -2.11. The molecule has 0 aliphatic rings. The number of hydrogen-bond donors (Lipinski definition) is 2. The van der Waals surface area contributed by atoms with Gasteiger partial charge >= 0.3 is 0 Å². The number of rotatable bonds is 7. The Morgan fingerprint density at radius 2 is 1.52 bits per heavy atom. The molecule has 21 heavy (non-hydrogen) atoms. The summed E-state index contributed by atoms with van der Waals surface area (Å²) in [6.45, 7) is 2.78. The Kier molecular flexibility index (Phi) is 5.78. The van der Waals surface area contributed by atoms with Crippen molar-refractivity contribution in [3.8, 4) is 5.75 Å². The Bertz CT molecular complexity index is 534. The quantitative estimate of drug-likeness (QED) is 0.822. The number of aliphatic hydroxyl groups is 1. The van der Waals surface area contributed by atoms with Crippen molar-refractivity contribution in [2.24, 2.45) is 0 Å². The molecular formula is C18H23NO2. The van der Waals surface area contributed by atoms with Crippen molar-refractivity contribution in [3.63, 3.8) is 0 Å². The minimum absolute atomic E-state index is 0.0770. The standard InChI is InChI=1S/C18H23NO2/c1-14(19-2)11-15-7-9-18(10-8-15)21-13-17-5-3-16(12-20)4-6-17/h3-10,14,19-20H,11-13H2,1-2H3. The molecule has 0 radical (unpaired) electrons. The molecule has 112 valence electrons. The van der Waals surface area contributed by atoms with Crippen molar-refractivity contribution in [1.82, 2.24) is 5.32 Å². The molecule has 2 aromatic carbocycles. The number of likely N-dealkylation sites (N-methyl/N-ethyl adjacent to an activating group) is 1. The largest absolute Gasteiger partial charge is 0.489 e. The maximum atomic E-state index is 9.01. The molecule has 0 fully saturated rings. The van der Waals surface area contributed by atoms with Gasteiger partial charge in [-0.15, -0.1) is 0 Å². The van der Waals surface area contributed by atoms with E-state index in [-0.39, 0.29) is 6.61 Å². The second kappa shape index (κ2) is 7.81. The smallest absolute Gasteiger partial charge is 0.119 e. The molecule has 0 saturated heterocycles. The third-order valence-corrected chi connectivity index (χ3v) is 3.57. The third-order valence-electron chi connectivity index (χ3n) is 3.57. The highest BCUT2D eigenvalue weighted by atomic mass is 16.5. The van der Waals surface area contributed by atoms with Crippen molar-refractivity contribution >= 4 is 0 Å². The van der Waals surface area contributed by atoms with E-state index >= 15 is 0 Å². The summed E-state index contributed by atoms with van der Waals surface area (Å²) in [5.74, 6) is 0.877. The zero-order chi connectivity index (χ0) is 15.1. The molecule has 1 unspecified atom stereocenters. The maximum absolute atomic E-state index is 9.01. The van der Waals surface area contributed by atoms with Crippen LogP contribution in [0.4, 0.5) is 0 Å². The zero-order valence-electron chi connectivity index (χ0n) is 12.7. The van der Waals surface area contributed by atoms with Gasteiger partial charge in [0, 0.05) is 6.04 Å². The van der Waals surface area contributed by atoms with E-state index in [9.17, 15) is 0 Å². The Balaban J connectivity index is 1.88. The average Bonchev–Trinajstić information content (AvgIpc) is 2.54. The van der Waals surface area contributed by atoms with Gasteiger partial charge in [-0.2, -0.15) is 0 Å². The summed E-state index contributed by atoms with van der Waals surface area (Å²) in [5.41, 5.74) is 3.32. The molecule has 2 N–H and O–H groups in total. The summed E-state index contributed by atoms with van der Waals surface area (Å²) < 4.78 is 5.77. The first-order chi connectivity index (χ1) is 10.2. The Morgan fingerprint density at radius 1 is 0.952 bits per heavy atom. The Labute approximate surface area is 126 Å². The van der Waals surface area contributed by atoms with Crippen LogP contribution < -0.4 is 10.1 Å². The number of aliphatic hydroxyl groups excluding tert-OH is 1. The molecular weight excluding hydrogens is 262 g/mol. The fraction of sp³-hybridized carbons (Fsp3) is 0.333. The predicted octanol–water partition coefficient (Wildman–Crippen LogP) is 2.91. The van der Waals surface area contributed by atoms with E-state index in [0.29, 0.717) is 12.6 Å². The van der Waals surface area contributed by atoms with Gasteiger partial charge in [0.15, 0.2) is 0 Å². The highest BCUT2D eigenvalue weighted by Crippen LogP contribution is 2.15. The van der Waals surface area contributed by atoms with Gasteiger partial charge in [0.05, 0.1) is 6.61 Å². The third kappa shape index (κ3) is 4.88. The van der Waals surface area contributed by atoms with Crippen molar-refractivity contribution < 1.29 is 9.84 Å². The Morgan fingerprint density at radius 3 is 2.10 bits per heavy atom. The van der Waals surface area contributed by atoms with E-state index in [2.05, 4.69) is 24.4 Å². The molecule has 0 bridgehead atoms. The van der Waals surface area contributed by atoms with Crippen LogP contribution in [0.3, 0.4) is 0 Å². The van der Waals surface area contributed by atoms with Gasteiger partial charge in [0.1, 0.15) is 12.4 Å². The second-order valence-electron chi connectivity index (χ2n) is 5.30. The van der Waals surface area contributed by atoms with Crippen LogP contribution >= 0.6 is 0 Å². The van der Waals surface area contributed by atoms with E-state index < -0.39 is 0 Å². The maximum Gasteiger partial charge on any atom is 0.119 e. The van der Waals surface area contributed by atoms with Gasteiger partial charge in [0.2, 0.25) is 0 Å². The molecule has 1 atom stereocenters. The molecule has 2 aromatic rings. The van der Waals surface area contributed by atoms with Crippen molar-refractivity contribution in [1.29, 1.82) is 0 Å². The van der Waals surface area contributed by atoms with Crippen LogP contribution in [-0.2, 0) is 19.6 Å². The summed E-state index contributed by atoms with van der Waals surface area (Å²) in [5, 5.41) is 12.2. The summed E-state index contributed by atoms with van der Waals surface area (Å²) in [6.07, 6.45) is 1.01. The van der Waals surface area contributed by atoms with Crippen molar-refractivity contribution in [2.75, 3.05) is 7.05 Å². The fourth-order valence-corrected chi connectivity index (χ4v) is 2.08. The molecule has 0 heterocycles. The Hall–Kier alpha value is -1.84. The molecule has 3 nitrogen and oxygen atoms in total. The molecule has 2 rings (SSSR count).